The number of amides is 1. The van der Waals surface area contributed by atoms with Crippen LogP contribution in [0.5, 0.6) is 0 Å². The molecule has 18 heavy (non-hydrogen) atoms. The first kappa shape index (κ1) is 13.8. The van der Waals surface area contributed by atoms with Crippen molar-refractivity contribution < 1.29 is 14.3 Å². The van der Waals surface area contributed by atoms with E-state index in [2.05, 4.69) is 0 Å². The van der Waals surface area contributed by atoms with E-state index >= 15 is 0 Å². The summed E-state index contributed by atoms with van der Waals surface area (Å²) in [5.74, 6) is 0.195. The SMILES string of the molecule is CCO[C@H]1CO[C@@]2(CCN(C(=O)CN(C)C)C2)C1. The molecular formula is C13H24N2O3. The van der Waals surface area contributed by atoms with E-state index < -0.39 is 0 Å². The number of hydrogen-bond acceptors (Lipinski definition) is 4. The minimum absolute atomic E-state index is 0.137. The molecule has 2 heterocycles. The third-order valence-electron chi connectivity index (χ3n) is 3.70. The molecule has 2 aliphatic heterocycles. The molecule has 2 saturated heterocycles. The largest absolute Gasteiger partial charge is 0.376 e. The van der Waals surface area contributed by atoms with Crippen LogP contribution in [0.25, 0.3) is 0 Å². The van der Waals surface area contributed by atoms with E-state index in [1.54, 1.807) is 0 Å². The second-order valence-corrected chi connectivity index (χ2v) is 5.58. The summed E-state index contributed by atoms with van der Waals surface area (Å²) >= 11 is 0. The van der Waals surface area contributed by atoms with Crippen molar-refractivity contribution in [1.82, 2.24) is 9.80 Å². The Hall–Kier alpha value is -0.650. The van der Waals surface area contributed by atoms with Crippen molar-refractivity contribution in [2.24, 2.45) is 0 Å². The molecule has 2 aliphatic rings. The lowest BCUT2D eigenvalue weighted by atomic mass is 9.98. The van der Waals surface area contributed by atoms with Gasteiger partial charge in [-0.3, -0.25) is 4.79 Å². The highest BCUT2D eigenvalue weighted by atomic mass is 16.6. The summed E-state index contributed by atoms with van der Waals surface area (Å²) in [5.41, 5.74) is -0.137. The third kappa shape index (κ3) is 3.02. The Morgan fingerprint density at radius 2 is 2.33 bits per heavy atom. The van der Waals surface area contributed by atoms with Gasteiger partial charge in [-0.2, -0.15) is 0 Å². The van der Waals surface area contributed by atoms with Gasteiger partial charge in [0, 0.05) is 26.1 Å². The van der Waals surface area contributed by atoms with Crippen LogP contribution in [-0.2, 0) is 14.3 Å². The van der Waals surface area contributed by atoms with E-state index in [0.29, 0.717) is 13.2 Å². The predicted molar refractivity (Wildman–Crippen MR) is 68.5 cm³/mol. The summed E-state index contributed by atoms with van der Waals surface area (Å²) < 4.78 is 11.5. The quantitative estimate of drug-likeness (QED) is 0.727. The van der Waals surface area contributed by atoms with Crippen LogP contribution in [0, 0.1) is 0 Å². The maximum absolute atomic E-state index is 12.0. The summed E-state index contributed by atoms with van der Waals surface area (Å²) in [6, 6.07) is 0. The average Bonchev–Trinajstić information content (AvgIpc) is 2.87. The molecule has 2 atom stereocenters. The van der Waals surface area contributed by atoms with Gasteiger partial charge in [-0.05, 0) is 27.4 Å². The number of likely N-dealkylation sites (tertiary alicyclic amines) is 1. The number of nitrogens with zero attached hydrogens (tertiary/aromatic N) is 2. The van der Waals surface area contributed by atoms with Gasteiger partial charge in [-0.25, -0.2) is 0 Å². The van der Waals surface area contributed by atoms with Crippen molar-refractivity contribution in [2.75, 3.05) is 46.9 Å². The smallest absolute Gasteiger partial charge is 0.236 e. The highest BCUT2D eigenvalue weighted by Crippen LogP contribution is 2.36. The molecule has 2 rings (SSSR count). The van der Waals surface area contributed by atoms with Crippen molar-refractivity contribution in [3.8, 4) is 0 Å². The van der Waals surface area contributed by atoms with Crippen LogP contribution in [0.15, 0.2) is 0 Å². The van der Waals surface area contributed by atoms with Crippen LogP contribution >= 0.6 is 0 Å². The minimum atomic E-state index is -0.137. The fourth-order valence-electron chi connectivity index (χ4n) is 2.86. The lowest BCUT2D eigenvalue weighted by molar-refractivity contribution is -0.131. The maximum atomic E-state index is 12.0. The van der Waals surface area contributed by atoms with E-state index in [1.165, 1.54) is 0 Å². The number of hydrogen-bond donors (Lipinski definition) is 0. The lowest BCUT2D eigenvalue weighted by Crippen LogP contribution is -2.39. The molecule has 0 aromatic carbocycles. The molecule has 0 unspecified atom stereocenters. The normalized spacial score (nSPS) is 31.8. The Labute approximate surface area is 109 Å². The Kier molecular flexibility index (Phi) is 4.25. The number of carbonyl (C=O) groups excluding carboxylic acids is 1. The summed E-state index contributed by atoms with van der Waals surface area (Å²) in [4.78, 5) is 15.8. The molecule has 104 valence electrons. The molecule has 0 bridgehead atoms. The van der Waals surface area contributed by atoms with Crippen LogP contribution in [0.4, 0.5) is 0 Å². The topological polar surface area (TPSA) is 42.0 Å². The van der Waals surface area contributed by atoms with Crippen molar-refractivity contribution in [3.05, 3.63) is 0 Å². The highest BCUT2D eigenvalue weighted by molar-refractivity contribution is 5.78. The molecule has 1 amide bonds. The van der Waals surface area contributed by atoms with Crippen molar-refractivity contribution in [3.63, 3.8) is 0 Å². The Bertz CT molecular complexity index is 309. The summed E-state index contributed by atoms with van der Waals surface area (Å²) in [5, 5.41) is 0. The summed E-state index contributed by atoms with van der Waals surface area (Å²) in [6.07, 6.45) is 2.07. The predicted octanol–water partition coefficient (Wildman–Crippen LogP) is 0.345. The van der Waals surface area contributed by atoms with Gasteiger partial charge in [0.1, 0.15) is 0 Å². The Morgan fingerprint density at radius 1 is 1.56 bits per heavy atom. The van der Waals surface area contributed by atoms with Gasteiger partial charge < -0.3 is 19.3 Å². The van der Waals surface area contributed by atoms with Gasteiger partial charge in [0.25, 0.3) is 0 Å². The van der Waals surface area contributed by atoms with Crippen molar-refractivity contribution >= 4 is 5.91 Å². The first-order valence-electron chi connectivity index (χ1n) is 6.73. The highest BCUT2D eigenvalue weighted by Gasteiger charge is 2.46. The van der Waals surface area contributed by atoms with E-state index in [9.17, 15) is 4.79 Å². The van der Waals surface area contributed by atoms with Gasteiger partial charge in [-0.1, -0.05) is 0 Å². The zero-order valence-corrected chi connectivity index (χ0v) is 11.6. The molecule has 2 fully saturated rings. The Balaban J connectivity index is 1.86. The fraction of sp³-hybridized carbons (Fsp3) is 0.923. The van der Waals surface area contributed by atoms with Gasteiger partial charge in [-0.15, -0.1) is 0 Å². The second kappa shape index (κ2) is 5.55. The van der Waals surface area contributed by atoms with Crippen LogP contribution < -0.4 is 0 Å². The van der Waals surface area contributed by atoms with Gasteiger partial charge in [0.15, 0.2) is 0 Å². The van der Waals surface area contributed by atoms with E-state index in [0.717, 1.165) is 32.5 Å². The first-order valence-corrected chi connectivity index (χ1v) is 6.73. The average molecular weight is 256 g/mol. The zero-order chi connectivity index (χ0) is 13.2. The minimum Gasteiger partial charge on any atom is -0.376 e. The first-order chi connectivity index (χ1) is 8.54. The second-order valence-electron chi connectivity index (χ2n) is 5.58. The lowest BCUT2D eigenvalue weighted by Gasteiger charge is -2.24. The van der Waals surface area contributed by atoms with Gasteiger partial charge >= 0.3 is 0 Å². The Morgan fingerprint density at radius 3 is 3.00 bits per heavy atom. The molecule has 5 nitrogen and oxygen atoms in total. The molecule has 5 heteroatoms. The standard InChI is InChI=1S/C13H24N2O3/c1-4-17-11-7-13(18-9-11)5-6-15(10-13)12(16)8-14(2)3/h11H,4-10H2,1-3H3/t11-,13+/m1/s1. The van der Waals surface area contributed by atoms with Crippen LogP contribution in [0.2, 0.25) is 0 Å². The van der Waals surface area contributed by atoms with Crippen LogP contribution in [-0.4, -0.2) is 74.4 Å². The number of ether oxygens (including phenoxy) is 2. The molecule has 0 aromatic heterocycles. The summed E-state index contributed by atoms with van der Waals surface area (Å²) in [7, 11) is 3.84. The number of rotatable bonds is 4. The van der Waals surface area contributed by atoms with Gasteiger partial charge in [0.05, 0.1) is 24.9 Å². The number of likely N-dealkylation sites (N-methyl/N-ethyl adjacent to an activating group) is 1. The molecule has 0 radical (unpaired) electrons. The molecule has 1 spiro atoms. The summed E-state index contributed by atoms with van der Waals surface area (Å²) in [6.45, 7) is 5.42. The van der Waals surface area contributed by atoms with E-state index in [-0.39, 0.29) is 17.6 Å². The van der Waals surface area contributed by atoms with Crippen LogP contribution in [0.1, 0.15) is 19.8 Å². The fourth-order valence-corrected chi connectivity index (χ4v) is 2.86. The molecule has 0 saturated carbocycles. The van der Waals surface area contributed by atoms with E-state index in [1.807, 2.05) is 30.8 Å². The maximum Gasteiger partial charge on any atom is 0.236 e. The number of carbonyl (C=O) groups is 1. The van der Waals surface area contributed by atoms with E-state index in [4.69, 9.17) is 9.47 Å². The molecule has 0 aromatic rings. The zero-order valence-electron chi connectivity index (χ0n) is 11.6. The third-order valence-corrected chi connectivity index (χ3v) is 3.70. The molecular weight excluding hydrogens is 232 g/mol. The molecule has 0 N–H and O–H groups in total. The monoisotopic (exact) mass is 256 g/mol. The van der Waals surface area contributed by atoms with Crippen molar-refractivity contribution in [2.45, 2.75) is 31.5 Å². The van der Waals surface area contributed by atoms with Crippen LogP contribution in [0.3, 0.4) is 0 Å². The molecule has 0 aliphatic carbocycles. The van der Waals surface area contributed by atoms with Gasteiger partial charge in [0.2, 0.25) is 5.91 Å². The van der Waals surface area contributed by atoms with Crippen molar-refractivity contribution in [1.29, 1.82) is 0 Å².